The summed E-state index contributed by atoms with van der Waals surface area (Å²) in [5, 5.41) is 0. The number of esters is 2. The lowest BCUT2D eigenvalue weighted by atomic mass is 10.1. The van der Waals surface area contributed by atoms with Crippen molar-refractivity contribution in [3.63, 3.8) is 0 Å². The highest BCUT2D eigenvalue weighted by atomic mass is 16.7. The van der Waals surface area contributed by atoms with E-state index in [0.29, 0.717) is 6.61 Å². The second kappa shape index (κ2) is 6.15. The van der Waals surface area contributed by atoms with E-state index in [1.807, 2.05) is 0 Å². The highest BCUT2D eigenvalue weighted by Crippen LogP contribution is 2.29. The summed E-state index contributed by atoms with van der Waals surface area (Å²) in [6.07, 6.45) is -0.724. The summed E-state index contributed by atoms with van der Waals surface area (Å²) in [6.45, 7) is 5.45. The van der Waals surface area contributed by atoms with Crippen LogP contribution in [0.1, 0.15) is 33.6 Å². The van der Waals surface area contributed by atoms with Gasteiger partial charge in [0, 0.05) is 6.42 Å². The SMILES string of the molecule is CCOC(=O)C[C@H]1C[C@@H](C(=O)OC)OC(C)(C)O1. The van der Waals surface area contributed by atoms with Crippen LogP contribution < -0.4 is 0 Å². The zero-order chi connectivity index (χ0) is 13.8. The van der Waals surface area contributed by atoms with Crippen molar-refractivity contribution >= 4 is 11.9 Å². The lowest BCUT2D eigenvalue weighted by Crippen LogP contribution is -2.48. The second-order valence-corrected chi connectivity index (χ2v) is 4.51. The molecule has 6 heteroatoms. The van der Waals surface area contributed by atoms with Gasteiger partial charge in [0.1, 0.15) is 0 Å². The molecule has 0 radical (unpaired) electrons. The Morgan fingerprint density at radius 2 is 2.00 bits per heavy atom. The molecule has 1 heterocycles. The van der Waals surface area contributed by atoms with E-state index in [-0.39, 0.29) is 18.8 Å². The number of carbonyl (C=O) groups is 2. The molecule has 0 aromatic heterocycles. The zero-order valence-corrected chi connectivity index (χ0v) is 11.2. The monoisotopic (exact) mass is 260 g/mol. The largest absolute Gasteiger partial charge is 0.467 e. The normalized spacial score (nSPS) is 26.4. The summed E-state index contributed by atoms with van der Waals surface area (Å²) in [5.74, 6) is -1.72. The Balaban J connectivity index is 2.63. The topological polar surface area (TPSA) is 71.1 Å². The van der Waals surface area contributed by atoms with Gasteiger partial charge >= 0.3 is 11.9 Å². The molecule has 0 unspecified atom stereocenters. The maximum absolute atomic E-state index is 11.5. The Kier molecular flexibility index (Phi) is 5.10. The van der Waals surface area contributed by atoms with Crippen LogP contribution in [0.25, 0.3) is 0 Å². The van der Waals surface area contributed by atoms with Crippen LogP contribution in [-0.2, 0) is 28.5 Å². The molecule has 1 fully saturated rings. The third kappa shape index (κ3) is 4.27. The van der Waals surface area contributed by atoms with Crippen molar-refractivity contribution in [2.75, 3.05) is 13.7 Å². The lowest BCUT2D eigenvalue weighted by molar-refractivity contribution is -0.297. The van der Waals surface area contributed by atoms with Gasteiger partial charge in [0.15, 0.2) is 11.9 Å². The molecule has 0 saturated carbocycles. The van der Waals surface area contributed by atoms with Gasteiger partial charge < -0.3 is 18.9 Å². The van der Waals surface area contributed by atoms with Crippen molar-refractivity contribution in [3.05, 3.63) is 0 Å². The number of carbonyl (C=O) groups excluding carboxylic acids is 2. The molecule has 104 valence electrons. The number of methoxy groups -OCH3 is 1. The molecule has 1 rings (SSSR count). The molecule has 0 aromatic rings. The Labute approximate surface area is 107 Å². The first-order valence-corrected chi connectivity index (χ1v) is 5.97. The van der Waals surface area contributed by atoms with Gasteiger partial charge in [0.05, 0.1) is 26.2 Å². The average Bonchev–Trinajstić information content (AvgIpc) is 2.25. The van der Waals surface area contributed by atoms with Crippen molar-refractivity contribution in [2.45, 2.75) is 51.6 Å². The van der Waals surface area contributed by atoms with Gasteiger partial charge in [-0.15, -0.1) is 0 Å². The predicted molar refractivity (Wildman–Crippen MR) is 61.7 cm³/mol. The Morgan fingerprint density at radius 1 is 1.33 bits per heavy atom. The molecule has 0 bridgehead atoms. The molecule has 18 heavy (non-hydrogen) atoms. The van der Waals surface area contributed by atoms with Crippen LogP contribution in [0.4, 0.5) is 0 Å². The fraction of sp³-hybridized carbons (Fsp3) is 0.833. The van der Waals surface area contributed by atoms with E-state index in [0.717, 1.165) is 0 Å². The maximum atomic E-state index is 11.5. The van der Waals surface area contributed by atoms with Crippen LogP contribution in [0, 0.1) is 0 Å². The van der Waals surface area contributed by atoms with Gasteiger partial charge in [-0.25, -0.2) is 4.79 Å². The molecule has 1 aliphatic rings. The first kappa shape index (κ1) is 14.9. The standard InChI is InChI=1S/C12H20O6/c1-5-16-10(13)7-8-6-9(11(14)15-4)18-12(2,3)17-8/h8-9H,5-7H2,1-4H3/t8-,9+/m1/s1. The number of rotatable bonds is 4. The predicted octanol–water partition coefficient (Wildman–Crippen LogP) is 1.02. The minimum Gasteiger partial charge on any atom is -0.467 e. The van der Waals surface area contributed by atoms with Crippen molar-refractivity contribution in [2.24, 2.45) is 0 Å². The average molecular weight is 260 g/mol. The Morgan fingerprint density at radius 3 is 2.56 bits per heavy atom. The minimum atomic E-state index is -0.922. The molecular weight excluding hydrogens is 240 g/mol. The molecule has 0 spiro atoms. The van der Waals surface area contributed by atoms with Crippen LogP contribution in [0.2, 0.25) is 0 Å². The van der Waals surface area contributed by atoms with Gasteiger partial charge in [-0.1, -0.05) is 0 Å². The van der Waals surface area contributed by atoms with E-state index >= 15 is 0 Å². The van der Waals surface area contributed by atoms with E-state index in [4.69, 9.17) is 14.2 Å². The summed E-state index contributed by atoms with van der Waals surface area (Å²) in [6, 6.07) is 0. The molecule has 0 aliphatic carbocycles. The number of hydrogen-bond acceptors (Lipinski definition) is 6. The van der Waals surface area contributed by atoms with Crippen LogP contribution in [0.5, 0.6) is 0 Å². The van der Waals surface area contributed by atoms with E-state index in [2.05, 4.69) is 4.74 Å². The third-order valence-corrected chi connectivity index (χ3v) is 2.52. The van der Waals surface area contributed by atoms with Crippen molar-refractivity contribution in [3.8, 4) is 0 Å². The smallest absolute Gasteiger partial charge is 0.335 e. The molecule has 1 saturated heterocycles. The highest BCUT2D eigenvalue weighted by molar-refractivity contribution is 5.75. The summed E-state index contributed by atoms with van der Waals surface area (Å²) >= 11 is 0. The molecule has 0 N–H and O–H groups in total. The maximum Gasteiger partial charge on any atom is 0.335 e. The van der Waals surface area contributed by atoms with Crippen LogP contribution in [0.15, 0.2) is 0 Å². The highest BCUT2D eigenvalue weighted by Gasteiger charge is 2.40. The Hall–Kier alpha value is -1.14. The molecule has 0 aromatic carbocycles. The third-order valence-electron chi connectivity index (χ3n) is 2.52. The van der Waals surface area contributed by atoms with Gasteiger partial charge in [0.2, 0.25) is 0 Å². The van der Waals surface area contributed by atoms with Gasteiger partial charge in [-0.3, -0.25) is 4.79 Å². The van der Waals surface area contributed by atoms with Gasteiger partial charge in [-0.2, -0.15) is 0 Å². The zero-order valence-electron chi connectivity index (χ0n) is 11.2. The summed E-state index contributed by atoms with van der Waals surface area (Å²) in [5.41, 5.74) is 0. The first-order chi connectivity index (χ1) is 8.38. The first-order valence-electron chi connectivity index (χ1n) is 5.97. The van der Waals surface area contributed by atoms with E-state index in [1.165, 1.54) is 7.11 Å². The Bertz CT molecular complexity index is 312. The lowest BCUT2D eigenvalue weighted by Gasteiger charge is -2.39. The van der Waals surface area contributed by atoms with Gasteiger partial charge in [-0.05, 0) is 20.8 Å². The molecule has 1 aliphatic heterocycles. The van der Waals surface area contributed by atoms with E-state index in [1.54, 1.807) is 20.8 Å². The molecule has 6 nitrogen and oxygen atoms in total. The minimum absolute atomic E-state index is 0.105. The fourth-order valence-electron chi connectivity index (χ4n) is 1.91. The van der Waals surface area contributed by atoms with Crippen LogP contribution >= 0.6 is 0 Å². The molecular formula is C12H20O6. The number of hydrogen-bond donors (Lipinski definition) is 0. The fourth-order valence-corrected chi connectivity index (χ4v) is 1.91. The molecule has 2 atom stereocenters. The van der Waals surface area contributed by atoms with Crippen LogP contribution in [-0.4, -0.2) is 43.7 Å². The second-order valence-electron chi connectivity index (χ2n) is 4.51. The molecule has 0 amide bonds. The van der Waals surface area contributed by atoms with Crippen molar-refractivity contribution < 1.29 is 28.5 Å². The van der Waals surface area contributed by atoms with Crippen LogP contribution in [0.3, 0.4) is 0 Å². The van der Waals surface area contributed by atoms with E-state index in [9.17, 15) is 9.59 Å². The summed E-state index contributed by atoms with van der Waals surface area (Å²) in [4.78, 5) is 22.9. The summed E-state index contributed by atoms with van der Waals surface area (Å²) < 4.78 is 20.5. The van der Waals surface area contributed by atoms with Gasteiger partial charge in [0.25, 0.3) is 0 Å². The van der Waals surface area contributed by atoms with Crippen molar-refractivity contribution in [1.82, 2.24) is 0 Å². The quantitative estimate of drug-likeness (QED) is 0.703. The summed E-state index contributed by atoms with van der Waals surface area (Å²) in [7, 11) is 1.30. The van der Waals surface area contributed by atoms with Crippen molar-refractivity contribution in [1.29, 1.82) is 0 Å². The number of ether oxygens (including phenoxy) is 4. The van der Waals surface area contributed by atoms with E-state index < -0.39 is 24.0 Å².